The lowest BCUT2D eigenvalue weighted by atomic mass is 10.0. The van der Waals surface area contributed by atoms with E-state index in [0.717, 1.165) is 15.4 Å². The monoisotopic (exact) mass is 729 g/mol. The molecule has 4 aromatic carbocycles. The average molecular weight is 731 g/mol. The van der Waals surface area contributed by atoms with Gasteiger partial charge in [-0.1, -0.05) is 88.9 Å². The number of sulfonamides is 1. The van der Waals surface area contributed by atoms with Gasteiger partial charge in [0.1, 0.15) is 18.3 Å². The standard InChI is InChI=1S/C36H38Cl3N3O5S/c1-24-14-17-27(18-15-24)48(45,46)42(31-21-26(37)16-19-33(31)47-5)23-34(43)41(22-28-29(38)12-9-13-30(28)39)32(35(44)40-36(2,3)4)20-25-10-7-6-8-11-25/h6-19,21,32H,20,22-23H2,1-5H3,(H,40,44)/t32-/m1/s1. The number of nitrogens with one attached hydrogen (secondary N) is 1. The molecule has 4 aromatic rings. The van der Waals surface area contributed by atoms with E-state index in [9.17, 15) is 18.0 Å². The number of aryl methyl sites for hydroxylation is 1. The third kappa shape index (κ3) is 9.23. The van der Waals surface area contributed by atoms with Gasteiger partial charge in [-0.05, 0) is 75.7 Å². The van der Waals surface area contributed by atoms with Gasteiger partial charge in [0.15, 0.2) is 0 Å². The fraction of sp³-hybridized carbons (Fsp3) is 0.278. The Morgan fingerprint density at radius 1 is 0.875 bits per heavy atom. The summed E-state index contributed by atoms with van der Waals surface area (Å²) in [5.41, 5.74) is 1.46. The number of carbonyl (C=O) groups is 2. The summed E-state index contributed by atoms with van der Waals surface area (Å²) in [7, 11) is -2.98. The van der Waals surface area contributed by atoms with Crippen LogP contribution in [-0.2, 0) is 32.6 Å². The van der Waals surface area contributed by atoms with Crippen molar-refractivity contribution in [3.63, 3.8) is 0 Å². The average Bonchev–Trinajstić information content (AvgIpc) is 3.02. The first-order chi connectivity index (χ1) is 22.6. The molecule has 254 valence electrons. The van der Waals surface area contributed by atoms with Crippen molar-refractivity contribution in [3.05, 3.63) is 123 Å². The largest absolute Gasteiger partial charge is 0.495 e. The molecule has 8 nitrogen and oxygen atoms in total. The SMILES string of the molecule is COc1ccc(Cl)cc1N(CC(=O)N(Cc1c(Cl)cccc1Cl)[C@H](Cc1ccccc1)C(=O)NC(C)(C)C)S(=O)(=O)c1ccc(C)cc1. The van der Waals surface area contributed by atoms with E-state index in [4.69, 9.17) is 39.5 Å². The second kappa shape index (κ2) is 15.6. The maximum atomic E-state index is 14.8. The Bertz CT molecular complexity index is 1840. The second-order valence-electron chi connectivity index (χ2n) is 12.3. The predicted octanol–water partition coefficient (Wildman–Crippen LogP) is 7.71. The molecule has 0 aliphatic heterocycles. The molecule has 4 rings (SSSR count). The first kappa shape index (κ1) is 37.1. The van der Waals surface area contributed by atoms with Crippen LogP contribution in [0.1, 0.15) is 37.5 Å². The van der Waals surface area contributed by atoms with E-state index in [0.29, 0.717) is 5.56 Å². The maximum absolute atomic E-state index is 14.8. The number of anilines is 1. The first-order valence-electron chi connectivity index (χ1n) is 15.1. The number of halogens is 3. The number of methoxy groups -OCH3 is 1. The van der Waals surface area contributed by atoms with Crippen LogP contribution in [0.3, 0.4) is 0 Å². The van der Waals surface area contributed by atoms with Gasteiger partial charge in [-0.25, -0.2) is 8.42 Å². The third-order valence-electron chi connectivity index (χ3n) is 7.46. The number of amides is 2. The van der Waals surface area contributed by atoms with Crippen LogP contribution in [0.25, 0.3) is 0 Å². The summed E-state index contributed by atoms with van der Waals surface area (Å²) in [5, 5.41) is 3.80. The third-order valence-corrected chi connectivity index (χ3v) is 10.2. The van der Waals surface area contributed by atoms with E-state index < -0.39 is 40.0 Å². The van der Waals surface area contributed by atoms with Crippen LogP contribution in [0.5, 0.6) is 5.75 Å². The normalized spacial score (nSPS) is 12.2. The van der Waals surface area contributed by atoms with Crippen molar-refractivity contribution in [3.8, 4) is 5.75 Å². The molecule has 0 unspecified atom stereocenters. The summed E-state index contributed by atoms with van der Waals surface area (Å²) in [6.45, 7) is 6.46. The van der Waals surface area contributed by atoms with E-state index >= 15 is 0 Å². The molecule has 48 heavy (non-hydrogen) atoms. The molecular weight excluding hydrogens is 693 g/mol. The molecule has 0 saturated heterocycles. The number of rotatable bonds is 12. The maximum Gasteiger partial charge on any atom is 0.264 e. The molecule has 0 aromatic heterocycles. The Kier molecular flexibility index (Phi) is 12.1. The van der Waals surface area contributed by atoms with Gasteiger partial charge in [-0.15, -0.1) is 0 Å². The Balaban J connectivity index is 1.90. The van der Waals surface area contributed by atoms with Crippen molar-refractivity contribution in [2.24, 2.45) is 0 Å². The zero-order valence-electron chi connectivity index (χ0n) is 27.3. The zero-order valence-corrected chi connectivity index (χ0v) is 30.4. The van der Waals surface area contributed by atoms with Crippen LogP contribution in [0.2, 0.25) is 15.1 Å². The smallest absolute Gasteiger partial charge is 0.264 e. The highest BCUT2D eigenvalue weighted by Crippen LogP contribution is 2.36. The second-order valence-corrected chi connectivity index (χ2v) is 15.4. The summed E-state index contributed by atoms with van der Waals surface area (Å²) in [6, 6.07) is 23.9. The first-order valence-corrected chi connectivity index (χ1v) is 17.7. The lowest BCUT2D eigenvalue weighted by molar-refractivity contribution is -0.140. The summed E-state index contributed by atoms with van der Waals surface area (Å²) < 4.78 is 35.2. The lowest BCUT2D eigenvalue weighted by Crippen LogP contribution is -2.56. The predicted molar refractivity (Wildman–Crippen MR) is 193 cm³/mol. The van der Waals surface area contributed by atoms with E-state index in [1.165, 1.54) is 36.3 Å². The fourth-order valence-corrected chi connectivity index (χ4v) is 7.17. The molecule has 1 N–H and O–H groups in total. The van der Waals surface area contributed by atoms with Crippen LogP contribution in [0, 0.1) is 6.92 Å². The lowest BCUT2D eigenvalue weighted by Gasteiger charge is -2.35. The van der Waals surface area contributed by atoms with Crippen molar-refractivity contribution in [1.29, 1.82) is 0 Å². The van der Waals surface area contributed by atoms with E-state index in [2.05, 4.69) is 5.32 Å². The summed E-state index contributed by atoms with van der Waals surface area (Å²) in [5.74, 6) is -0.945. The molecule has 0 heterocycles. The zero-order chi connectivity index (χ0) is 35.2. The van der Waals surface area contributed by atoms with Gasteiger partial charge in [0.2, 0.25) is 11.8 Å². The minimum Gasteiger partial charge on any atom is -0.495 e. The molecular formula is C36H38Cl3N3O5S. The van der Waals surface area contributed by atoms with Crippen LogP contribution in [0.4, 0.5) is 5.69 Å². The molecule has 0 radical (unpaired) electrons. The number of carbonyl (C=O) groups excluding carboxylic acids is 2. The summed E-state index contributed by atoms with van der Waals surface area (Å²) >= 11 is 19.6. The highest BCUT2D eigenvalue weighted by Gasteiger charge is 2.37. The molecule has 2 amide bonds. The van der Waals surface area contributed by atoms with Crippen molar-refractivity contribution in [2.75, 3.05) is 18.0 Å². The minimum absolute atomic E-state index is 0.0464. The van der Waals surface area contributed by atoms with Gasteiger partial charge in [0, 0.05) is 39.1 Å². The number of nitrogens with zero attached hydrogens (tertiary/aromatic N) is 2. The molecule has 0 saturated carbocycles. The van der Waals surface area contributed by atoms with E-state index in [1.54, 1.807) is 36.4 Å². The number of hydrogen-bond acceptors (Lipinski definition) is 5. The van der Waals surface area contributed by atoms with Crippen molar-refractivity contribution >= 4 is 62.3 Å². The molecule has 12 heteroatoms. The Labute approximate surface area is 297 Å². The number of benzene rings is 4. The van der Waals surface area contributed by atoms with Crippen LogP contribution < -0.4 is 14.4 Å². The highest BCUT2D eigenvalue weighted by molar-refractivity contribution is 7.92. The van der Waals surface area contributed by atoms with E-state index in [1.807, 2.05) is 58.0 Å². The van der Waals surface area contributed by atoms with Crippen LogP contribution in [-0.4, -0.2) is 50.4 Å². The van der Waals surface area contributed by atoms with Gasteiger partial charge in [0.05, 0.1) is 17.7 Å². The fourth-order valence-electron chi connectivity index (χ4n) is 5.07. The molecule has 0 bridgehead atoms. The summed E-state index contributed by atoms with van der Waals surface area (Å²) in [4.78, 5) is 30.1. The Morgan fingerprint density at radius 3 is 2.08 bits per heavy atom. The Hall–Kier alpha value is -3.76. The van der Waals surface area contributed by atoms with Gasteiger partial charge in [-0.3, -0.25) is 13.9 Å². The van der Waals surface area contributed by atoms with Crippen molar-refractivity contribution in [2.45, 2.75) is 57.1 Å². The minimum atomic E-state index is -4.38. The summed E-state index contributed by atoms with van der Waals surface area (Å²) in [6.07, 6.45) is 0.127. The number of hydrogen-bond donors (Lipinski definition) is 1. The highest BCUT2D eigenvalue weighted by atomic mass is 35.5. The number of ether oxygens (including phenoxy) is 1. The van der Waals surface area contributed by atoms with Crippen LogP contribution >= 0.6 is 34.8 Å². The van der Waals surface area contributed by atoms with Gasteiger partial charge < -0.3 is 15.0 Å². The van der Waals surface area contributed by atoms with Gasteiger partial charge in [-0.2, -0.15) is 0 Å². The van der Waals surface area contributed by atoms with Gasteiger partial charge >= 0.3 is 0 Å². The Morgan fingerprint density at radius 2 is 1.50 bits per heavy atom. The van der Waals surface area contributed by atoms with Crippen molar-refractivity contribution < 1.29 is 22.7 Å². The molecule has 0 aliphatic rings. The topological polar surface area (TPSA) is 96.0 Å². The molecule has 0 fully saturated rings. The molecule has 0 spiro atoms. The molecule has 1 atom stereocenters. The van der Waals surface area contributed by atoms with Gasteiger partial charge in [0.25, 0.3) is 10.0 Å². The van der Waals surface area contributed by atoms with E-state index in [-0.39, 0.29) is 44.4 Å². The van der Waals surface area contributed by atoms with Crippen molar-refractivity contribution in [1.82, 2.24) is 10.2 Å². The van der Waals surface area contributed by atoms with Crippen LogP contribution in [0.15, 0.2) is 95.9 Å². The quantitative estimate of drug-likeness (QED) is 0.161. The molecule has 0 aliphatic carbocycles.